The first-order valence-corrected chi connectivity index (χ1v) is 9.75. The van der Waals surface area contributed by atoms with Gasteiger partial charge in [-0.15, -0.1) is 0 Å². The predicted molar refractivity (Wildman–Crippen MR) is 110 cm³/mol. The second-order valence-corrected chi connectivity index (χ2v) is 8.17. The van der Waals surface area contributed by atoms with Crippen LogP contribution < -0.4 is 10.6 Å². The Morgan fingerprint density at radius 3 is 2.70 bits per heavy atom. The molecule has 1 fully saturated rings. The molecule has 150 valence electrons. The van der Waals surface area contributed by atoms with Gasteiger partial charge in [-0.05, 0) is 57.6 Å². The zero-order chi connectivity index (χ0) is 19.9. The molecule has 1 aromatic rings. The molecule has 27 heavy (non-hydrogen) atoms. The molecular formula is C21H34N4O2. The summed E-state index contributed by atoms with van der Waals surface area (Å²) in [7, 11) is 1.78. The molecule has 0 radical (unpaired) electrons. The van der Waals surface area contributed by atoms with E-state index in [1.807, 2.05) is 37.8 Å². The van der Waals surface area contributed by atoms with Crippen LogP contribution in [-0.4, -0.2) is 49.2 Å². The average molecular weight is 375 g/mol. The molecule has 2 N–H and O–H groups in total. The molecule has 0 aromatic heterocycles. The van der Waals surface area contributed by atoms with Crippen molar-refractivity contribution in [3.05, 3.63) is 35.4 Å². The van der Waals surface area contributed by atoms with Gasteiger partial charge in [0, 0.05) is 33.2 Å². The summed E-state index contributed by atoms with van der Waals surface area (Å²) in [4.78, 5) is 18.4. The van der Waals surface area contributed by atoms with Crippen molar-refractivity contribution in [3.63, 3.8) is 0 Å². The number of guanidine groups is 1. The van der Waals surface area contributed by atoms with Crippen molar-refractivity contribution in [2.75, 3.05) is 26.7 Å². The Morgan fingerprint density at radius 1 is 1.30 bits per heavy atom. The summed E-state index contributed by atoms with van der Waals surface area (Å²) in [6.07, 6.45) is 1.89. The fourth-order valence-corrected chi connectivity index (χ4v) is 3.17. The number of carbonyl (C=O) groups excluding carboxylic acids is 1. The minimum atomic E-state index is -0.455. The Kier molecular flexibility index (Phi) is 7.51. The molecule has 1 aromatic carbocycles. The van der Waals surface area contributed by atoms with Gasteiger partial charge in [0.2, 0.25) is 0 Å². The molecule has 1 aliphatic heterocycles. The lowest BCUT2D eigenvalue weighted by molar-refractivity contribution is 0.0168. The van der Waals surface area contributed by atoms with E-state index >= 15 is 0 Å². The molecule has 1 unspecified atom stereocenters. The highest BCUT2D eigenvalue weighted by atomic mass is 16.6. The molecule has 1 heterocycles. The number of rotatable bonds is 4. The van der Waals surface area contributed by atoms with Gasteiger partial charge in [0.1, 0.15) is 5.60 Å². The van der Waals surface area contributed by atoms with Crippen LogP contribution >= 0.6 is 0 Å². The number of likely N-dealkylation sites (tertiary alicyclic amines) is 1. The first-order valence-electron chi connectivity index (χ1n) is 9.75. The van der Waals surface area contributed by atoms with Crippen molar-refractivity contribution in [1.82, 2.24) is 15.5 Å². The zero-order valence-electron chi connectivity index (χ0n) is 17.3. The summed E-state index contributed by atoms with van der Waals surface area (Å²) in [5, 5.41) is 6.76. The minimum absolute atomic E-state index is 0.214. The summed E-state index contributed by atoms with van der Waals surface area (Å²) >= 11 is 0. The average Bonchev–Trinajstić information content (AvgIpc) is 2.62. The fraction of sp³-hybridized carbons (Fsp3) is 0.619. The predicted octanol–water partition coefficient (Wildman–Crippen LogP) is 3.31. The SMILES string of the molecule is CN=C(NCc1ccccc1C)NCC1CCCN(C(=O)OC(C)(C)C)C1. The molecule has 1 aliphatic rings. The third-order valence-corrected chi connectivity index (χ3v) is 4.66. The minimum Gasteiger partial charge on any atom is -0.444 e. The molecule has 1 atom stereocenters. The van der Waals surface area contributed by atoms with Crippen molar-refractivity contribution in [1.29, 1.82) is 0 Å². The third-order valence-electron chi connectivity index (χ3n) is 4.66. The van der Waals surface area contributed by atoms with Gasteiger partial charge in [-0.2, -0.15) is 0 Å². The van der Waals surface area contributed by atoms with Crippen molar-refractivity contribution in [2.45, 2.75) is 52.7 Å². The van der Waals surface area contributed by atoms with Gasteiger partial charge >= 0.3 is 6.09 Å². The maximum absolute atomic E-state index is 12.3. The number of nitrogens with one attached hydrogen (secondary N) is 2. The van der Waals surface area contributed by atoms with Crippen LogP contribution in [0.15, 0.2) is 29.3 Å². The van der Waals surface area contributed by atoms with Crippen molar-refractivity contribution in [3.8, 4) is 0 Å². The number of aliphatic imine (C=N–C) groups is 1. The quantitative estimate of drug-likeness (QED) is 0.627. The number of aryl methyl sites for hydroxylation is 1. The smallest absolute Gasteiger partial charge is 0.410 e. The lowest BCUT2D eigenvalue weighted by Crippen LogP contribution is -2.47. The lowest BCUT2D eigenvalue weighted by atomic mass is 9.98. The van der Waals surface area contributed by atoms with E-state index in [1.165, 1.54) is 11.1 Å². The number of ether oxygens (including phenoxy) is 1. The number of piperidine rings is 1. The molecule has 6 heteroatoms. The van der Waals surface area contributed by atoms with E-state index in [1.54, 1.807) is 7.05 Å². The highest BCUT2D eigenvalue weighted by molar-refractivity contribution is 5.79. The first-order chi connectivity index (χ1) is 12.8. The normalized spacial score (nSPS) is 18.2. The Labute approximate surface area is 163 Å². The Morgan fingerprint density at radius 2 is 2.04 bits per heavy atom. The number of amides is 1. The van der Waals surface area contributed by atoms with Gasteiger partial charge in [-0.25, -0.2) is 4.79 Å². The number of hydrogen-bond acceptors (Lipinski definition) is 3. The van der Waals surface area contributed by atoms with Gasteiger partial charge in [-0.3, -0.25) is 4.99 Å². The Balaban J connectivity index is 1.80. The second kappa shape index (κ2) is 9.62. The summed E-state index contributed by atoms with van der Waals surface area (Å²) in [5.74, 6) is 1.18. The Bertz CT molecular complexity index is 652. The molecule has 0 aliphatic carbocycles. The molecule has 0 saturated carbocycles. The van der Waals surface area contributed by atoms with Crippen LogP contribution in [0.5, 0.6) is 0 Å². The highest BCUT2D eigenvalue weighted by Crippen LogP contribution is 2.18. The summed E-state index contributed by atoms with van der Waals surface area (Å²) in [5.41, 5.74) is 2.07. The van der Waals surface area contributed by atoms with E-state index in [9.17, 15) is 4.79 Å². The maximum Gasteiger partial charge on any atom is 0.410 e. The van der Waals surface area contributed by atoms with E-state index in [0.717, 1.165) is 45.0 Å². The van der Waals surface area contributed by atoms with E-state index in [4.69, 9.17) is 4.74 Å². The van der Waals surface area contributed by atoms with Crippen LogP contribution in [0.3, 0.4) is 0 Å². The standard InChI is InChI=1S/C21H34N4O2/c1-16-9-6-7-11-18(16)14-24-19(22-5)23-13-17-10-8-12-25(15-17)20(26)27-21(2,3)4/h6-7,9,11,17H,8,10,12-15H2,1-5H3,(H2,22,23,24). The van der Waals surface area contributed by atoms with Gasteiger partial charge < -0.3 is 20.3 Å². The zero-order valence-corrected chi connectivity index (χ0v) is 17.3. The lowest BCUT2D eigenvalue weighted by Gasteiger charge is -2.34. The van der Waals surface area contributed by atoms with E-state index in [2.05, 4.69) is 34.7 Å². The number of nitrogens with zero attached hydrogens (tertiary/aromatic N) is 2. The van der Waals surface area contributed by atoms with Gasteiger partial charge in [-0.1, -0.05) is 24.3 Å². The van der Waals surface area contributed by atoms with E-state index in [0.29, 0.717) is 5.92 Å². The topological polar surface area (TPSA) is 66.0 Å². The van der Waals surface area contributed by atoms with Crippen LogP contribution in [0.2, 0.25) is 0 Å². The molecule has 1 saturated heterocycles. The van der Waals surface area contributed by atoms with Gasteiger partial charge in [0.15, 0.2) is 5.96 Å². The monoisotopic (exact) mass is 374 g/mol. The van der Waals surface area contributed by atoms with Gasteiger partial charge in [0.25, 0.3) is 0 Å². The van der Waals surface area contributed by atoms with Crippen molar-refractivity contribution >= 4 is 12.1 Å². The molecule has 1 amide bonds. The third kappa shape index (κ3) is 7.12. The van der Waals surface area contributed by atoms with Crippen LogP contribution in [-0.2, 0) is 11.3 Å². The Hall–Kier alpha value is -2.24. The summed E-state index contributed by atoms with van der Waals surface area (Å²) in [6.45, 7) is 10.8. The van der Waals surface area contributed by atoms with Crippen molar-refractivity contribution in [2.24, 2.45) is 10.9 Å². The number of carbonyl (C=O) groups is 1. The van der Waals surface area contributed by atoms with E-state index in [-0.39, 0.29) is 6.09 Å². The molecule has 6 nitrogen and oxygen atoms in total. The first kappa shape index (κ1) is 21.1. The largest absolute Gasteiger partial charge is 0.444 e. The van der Waals surface area contributed by atoms with Gasteiger partial charge in [0.05, 0.1) is 0 Å². The molecule has 0 bridgehead atoms. The van der Waals surface area contributed by atoms with Crippen LogP contribution in [0.4, 0.5) is 4.79 Å². The summed E-state index contributed by atoms with van der Waals surface area (Å²) < 4.78 is 5.50. The molecule has 0 spiro atoms. The highest BCUT2D eigenvalue weighted by Gasteiger charge is 2.27. The summed E-state index contributed by atoms with van der Waals surface area (Å²) in [6, 6.07) is 8.33. The molecule has 2 rings (SSSR count). The van der Waals surface area contributed by atoms with Crippen LogP contribution in [0.25, 0.3) is 0 Å². The van der Waals surface area contributed by atoms with E-state index < -0.39 is 5.60 Å². The maximum atomic E-state index is 12.3. The van der Waals surface area contributed by atoms with Crippen molar-refractivity contribution < 1.29 is 9.53 Å². The fourth-order valence-electron chi connectivity index (χ4n) is 3.17. The number of hydrogen-bond donors (Lipinski definition) is 2. The molecular weight excluding hydrogens is 340 g/mol. The second-order valence-electron chi connectivity index (χ2n) is 8.17. The van der Waals surface area contributed by atoms with Crippen LogP contribution in [0.1, 0.15) is 44.7 Å². The van der Waals surface area contributed by atoms with Crippen LogP contribution in [0, 0.1) is 12.8 Å². The number of benzene rings is 1.